The Morgan fingerprint density at radius 2 is 2.14 bits per heavy atom. The highest BCUT2D eigenvalue weighted by molar-refractivity contribution is 4.78. The molecule has 0 atom stereocenters. The summed E-state index contributed by atoms with van der Waals surface area (Å²) in [5.74, 6) is 1.62. The Hall–Kier alpha value is -0.120. The van der Waals surface area contributed by atoms with E-state index in [1.165, 1.54) is 26.2 Å². The van der Waals surface area contributed by atoms with Crippen LogP contribution in [0.15, 0.2) is 0 Å². The molecule has 84 valence electrons. The van der Waals surface area contributed by atoms with E-state index in [4.69, 9.17) is 4.74 Å². The van der Waals surface area contributed by atoms with E-state index in [2.05, 4.69) is 24.1 Å². The quantitative estimate of drug-likeness (QED) is 0.658. The van der Waals surface area contributed by atoms with Crippen LogP contribution in [0, 0.1) is 11.8 Å². The second-order valence-electron chi connectivity index (χ2n) is 4.67. The van der Waals surface area contributed by atoms with Crippen LogP contribution in [0.25, 0.3) is 0 Å². The molecule has 1 saturated heterocycles. The standard InChI is InChI=1S/C11H24N2O/c1-10(2)8-13(4-5-14-3)9-11-6-12-7-11/h10-12H,4-9H2,1-3H3. The van der Waals surface area contributed by atoms with E-state index in [1.807, 2.05) is 0 Å². The van der Waals surface area contributed by atoms with Crippen molar-refractivity contribution in [2.75, 3.05) is 46.4 Å². The first-order valence-corrected chi connectivity index (χ1v) is 5.64. The Balaban J connectivity index is 2.19. The van der Waals surface area contributed by atoms with Gasteiger partial charge >= 0.3 is 0 Å². The molecule has 1 rings (SSSR count). The molecule has 0 spiro atoms. The van der Waals surface area contributed by atoms with E-state index in [0.29, 0.717) is 0 Å². The van der Waals surface area contributed by atoms with Crippen LogP contribution in [0.5, 0.6) is 0 Å². The van der Waals surface area contributed by atoms with E-state index in [1.54, 1.807) is 7.11 Å². The number of hydrogen-bond donors (Lipinski definition) is 1. The lowest BCUT2D eigenvalue weighted by Crippen LogP contribution is -2.49. The van der Waals surface area contributed by atoms with Gasteiger partial charge in [-0.2, -0.15) is 0 Å². The van der Waals surface area contributed by atoms with Gasteiger partial charge in [0.05, 0.1) is 6.61 Å². The molecule has 0 aromatic carbocycles. The third kappa shape index (κ3) is 4.40. The van der Waals surface area contributed by atoms with Crippen molar-refractivity contribution < 1.29 is 4.74 Å². The molecule has 0 aromatic heterocycles. The number of ether oxygens (including phenoxy) is 1. The van der Waals surface area contributed by atoms with Gasteiger partial charge in [-0.05, 0) is 11.8 Å². The molecule has 0 aliphatic carbocycles. The van der Waals surface area contributed by atoms with Crippen LogP contribution in [0.4, 0.5) is 0 Å². The van der Waals surface area contributed by atoms with Crippen molar-refractivity contribution in [1.29, 1.82) is 0 Å². The summed E-state index contributed by atoms with van der Waals surface area (Å²) in [5.41, 5.74) is 0. The minimum Gasteiger partial charge on any atom is -0.383 e. The highest BCUT2D eigenvalue weighted by atomic mass is 16.5. The second-order valence-corrected chi connectivity index (χ2v) is 4.67. The highest BCUT2D eigenvalue weighted by Crippen LogP contribution is 2.07. The Morgan fingerprint density at radius 3 is 2.57 bits per heavy atom. The summed E-state index contributed by atoms with van der Waals surface area (Å²) in [5, 5.41) is 3.32. The number of hydrogen-bond acceptors (Lipinski definition) is 3. The molecule has 0 saturated carbocycles. The maximum Gasteiger partial charge on any atom is 0.0589 e. The molecule has 0 aromatic rings. The fourth-order valence-corrected chi connectivity index (χ4v) is 1.84. The predicted octanol–water partition coefficient (Wildman–Crippen LogP) is 0.810. The van der Waals surface area contributed by atoms with Crippen LogP contribution in [0.2, 0.25) is 0 Å². The first kappa shape index (κ1) is 12.0. The summed E-state index contributed by atoms with van der Waals surface area (Å²) in [6.07, 6.45) is 0. The monoisotopic (exact) mass is 200 g/mol. The second kappa shape index (κ2) is 6.38. The topological polar surface area (TPSA) is 24.5 Å². The van der Waals surface area contributed by atoms with Crippen molar-refractivity contribution in [3.8, 4) is 0 Å². The van der Waals surface area contributed by atoms with Gasteiger partial charge in [0.2, 0.25) is 0 Å². The Labute approximate surface area is 87.8 Å². The largest absolute Gasteiger partial charge is 0.383 e. The molecule has 0 unspecified atom stereocenters. The van der Waals surface area contributed by atoms with Crippen molar-refractivity contribution in [3.05, 3.63) is 0 Å². The first-order chi connectivity index (χ1) is 6.72. The van der Waals surface area contributed by atoms with Crippen LogP contribution in [0.1, 0.15) is 13.8 Å². The predicted molar refractivity (Wildman–Crippen MR) is 59.5 cm³/mol. The van der Waals surface area contributed by atoms with Gasteiger partial charge in [0, 0.05) is 39.8 Å². The van der Waals surface area contributed by atoms with E-state index in [-0.39, 0.29) is 0 Å². The Morgan fingerprint density at radius 1 is 1.43 bits per heavy atom. The first-order valence-electron chi connectivity index (χ1n) is 5.64. The van der Waals surface area contributed by atoms with Gasteiger partial charge in [-0.1, -0.05) is 13.8 Å². The van der Waals surface area contributed by atoms with Crippen molar-refractivity contribution in [2.24, 2.45) is 11.8 Å². The van der Waals surface area contributed by atoms with Crippen LogP contribution < -0.4 is 5.32 Å². The maximum atomic E-state index is 5.13. The minimum absolute atomic E-state index is 0.750. The van der Waals surface area contributed by atoms with E-state index >= 15 is 0 Å². The van der Waals surface area contributed by atoms with Gasteiger partial charge in [-0.15, -0.1) is 0 Å². The molecule has 0 bridgehead atoms. The van der Waals surface area contributed by atoms with E-state index in [9.17, 15) is 0 Å². The molecule has 1 fully saturated rings. The van der Waals surface area contributed by atoms with Crippen molar-refractivity contribution in [2.45, 2.75) is 13.8 Å². The van der Waals surface area contributed by atoms with Crippen molar-refractivity contribution in [1.82, 2.24) is 10.2 Å². The summed E-state index contributed by atoms with van der Waals surface area (Å²) in [6, 6.07) is 0. The van der Waals surface area contributed by atoms with Gasteiger partial charge in [0.25, 0.3) is 0 Å². The molecule has 14 heavy (non-hydrogen) atoms. The summed E-state index contributed by atoms with van der Waals surface area (Å²) >= 11 is 0. The van der Waals surface area contributed by atoms with Crippen molar-refractivity contribution in [3.63, 3.8) is 0 Å². The molecule has 1 N–H and O–H groups in total. The van der Waals surface area contributed by atoms with Gasteiger partial charge in [-0.3, -0.25) is 0 Å². The molecular weight excluding hydrogens is 176 g/mol. The fraction of sp³-hybridized carbons (Fsp3) is 1.00. The van der Waals surface area contributed by atoms with Crippen LogP contribution in [-0.4, -0.2) is 51.3 Å². The average molecular weight is 200 g/mol. The third-order valence-corrected chi connectivity index (χ3v) is 2.62. The van der Waals surface area contributed by atoms with Gasteiger partial charge < -0.3 is 15.0 Å². The number of rotatable bonds is 7. The SMILES string of the molecule is COCCN(CC(C)C)CC1CNC1. The maximum absolute atomic E-state index is 5.13. The molecule has 0 radical (unpaired) electrons. The molecule has 1 heterocycles. The lowest BCUT2D eigenvalue weighted by molar-refractivity contribution is 0.118. The molecule has 0 amide bonds. The molecule has 3 heteroatoms. The molecule has 1 aliphatic rings. The zero-order valence-electron chi connectivity index (χ0n) is 9.75. The van der Waals surface area contributed by atoms with Gasteiger partial charge in [0.15, 0.2) is 0 Å². The summed E-state index contributed by atoms with van der Waals surface area (Å²) in [7, 11) is 1.78. The van der Waals surface area contributed by atoms with Crippen LogP contribution in [-0.2, 0) is 4.74 Å². The number of nitrogens with one attached hydrogen (secondary N) is 1. The van der Waals surface area contributed by atoms with Gasteiger partial charge in [-0.25, -0.2) is 0 Å². The highest BCUT2D eigenvalue weighted by Gasteiger charge is 2.20. The van der Waals surface area contributed by atoms with Crippen LogP contribution in [0.3, 0.4) is 0 Å². The van der Waals surface area contributed by atoms with Crippen molar-refractivity contribution >= 4 is 0 Å². The summed E-state index contributed by atoms with van der Waals surface area (Å²) < 4.78 is 5.13. The van der Waals surface area contributed by atoms with E-state index < -0.39 is 0 Å². The Kier molecular flexibility index (Phi) is 5.45. The normalized spacial score (nSPS) is 17.8. The zero-order valence-corrected chi connectivity index (χ0v) is 9.75. The lowest BCUT2D eigenvalue weighted by Gasteiger charge is -2.33. The number of nitrogens with zero attached hydrogens (tertiary/aromatic N) is 1. The zero-order chi connectivity index (χ0) is 10.4. The van der Waals surface area contributed by atoms with Crippen LogP contribution >= 0.6 is 0 Å². The third-order valence-electron chi connectivity index (χ3n) is 2.62. The average Bonchev–Trinajstić information content (AvgIpc) is 2.05. The molecule has 1 aliphatic heterocycles. The minimum atomic E-state index is 0.750. The number of methoxy groups -OCH3 is 1. The summed E-state index contributed by atoms with van der Waals surface area (Å²) in [4.78, 5) is 2.53. The lowest BCUT2D eigenvalue weighted by atomic mass is 10.0. The summed E-state index contributed by atoms with van der Waals surface area (Å²) in [6.45, 7) is 11.3. The molecular formula is C11H24N2O. The van der Waals surface area contributed by atoms with Gasteiger partial charge in [0.1, 0.15) is 0 Å². The Bertz CT molecular complexity index is 146. The van der Waals surface area contributed by atoms with E-state index in [0.717, 1.165) is 25.0 Å². The smallest absolute Gasteiger partial charge is 0.0589 e. The fourth-order valence-electron chi connectivity index (χ4n) is 1.84. The molecule has 3 nitrogen and oxygen atoms in total.